The van der Waals surface area contributed by atoms with Crippen molar-refractivity contribution in [3.63, 3.8) is 0 Å². The molecule has 1 aromatic carbocycles. The molecule has 0 fully saturated rings. The molecule has 0 radical (unpaired) electrons. The monoisotopic (exact) mass is 271 g/mol. The molecule has 1 rings (SSSR count). The molecular formula is C14H22FNOS. The van der Waals surface area contributed by atoms with Crippen molar-refractivity contribution in [2.24, 2.45) is 0 Å². The number of rotatable bonds is 8. The Kier molecular flexibility index (Phi) is 7.32. The summed E-state index contributed by atoms with van der Waals surface area (Å²) in [5.41, 5.74) is 0. The van der Waals surface area contributed by atoms with Gasteiger partial charge in [-0.15, -0.1) is 11.8 Å². The Morgan fingerprint density at radius 3 is 2.78 bits per heavy atom. The minimum atomic E-state index is -0.182. The molecule has 1 unspecified atom stereocenters. The Morgan fingerprint density at radius 2 is 2.17 bits per heavy atom. The quantitative estimate of drug-likeness (QED) is 0.733. The van der Waals surface area contributed by atoms with Gasteiger partial charge < -0.3 is 10.1 Å². The van der Waals surface area contributed by atoms with Crippen LogP contribution in [0.15, 0.2) is 29.2 Å². The van der Waals surface area contributed by atoms with E-state index in [2.05, 4.69) is 12.2 Å². The van der Waals surface area contributed by atoms with Crippen LogP contribution in [0.2, 0.25) is 0 Å². The fourth-order valence-electron chi connectivity index (χ4n) is 1.52. The van der Waals surface area contributed by atoms with E-state index >= 15 is 0 Å². The zero-order valence-corrected chi connectivity index (χ0v) is 12.1. The number of benzene rings is 1. The Bertz CT molecular complexity index is 346. The minimum absolute atomic E-state index is 0.182. The molecule has 2 nitrogen and oxygen atoms in total. The molecular weight excluding hydrogens is 249 g/mol. The second-order valence-corrected chi connectivity index (χ2v) is 5.50. The van der Waals surface area contributed by atoms with Gasteiger partial charge in [0, 0.05) is 16.7 Å². The van der Waals surface area contributed by atoms with Crippen LogP contribution in [0.3, 0.4) is 0 Å². The van der Waals surface area contributed by atoms with Crippen molar-refractivity contribution in [1.29, 1.82) is 0 Å². The van der Waals surface area contributed by atoms with E-state index in [0.29, 0.717) is 12.6 Å². The number of ether oxygens (including phenoxy) is 1. The lowest BCUT2D eigenvalue weighted by molar-refractivity contribution is 0.0658. The summed E-state index contributed by atoms with van der Waals surface area (Å²) in [6, 6.07) is 7.00. The number of nitrogens with one attached hydrogen (secondary N) is 1. The molecule has 1 aromatic rings. The van der Waals surface area contributed by atoms with E-state index in [0.717, 1.165) is 17.2 Å². The van der Waals surface area contributed by atoms with Crippen LogP contribution in [0.1, 0.15) is 20.8 Å². The van der Waals surface area contributed by atoms with Gasteiger partial charge in [0.2, 0.25) is 0 Å². The standard InChI is InChI=1S/C14H22FNOS/c1-4-16-13(9-17-11(2)3)10-18-14-7-5-6-12(15)8-14/h5-8,11,13,16H,4,9-10H2,1-3H3. The smallest absolute Gasteiger partial charge is 0.124 e. The van der Waals surface area contributed by atoms with Gasteiger partial charge in [0.15, 0.2) is 0 Å². The zero-order chi connectivity index (χ0) is 13.4. The first-order chi connectivity index (χ1) is 8.61. The van der Waals surface area contributed by atoms with E-state index in [1.54, 1.807) is 23.9 Å². The van der Waals surface area contributed by atoms with Gasteiger partial charge in [0.05, 0.1) is 12.7 Å². The Morgan fingerprint density at radius 1 is 1.39 bits per heavy atom. The van der Waals surface area contributed by atoms with Gasteiger partial charge in [-0.1, -0.05) is 13.0 Å². The van der Waals surface area contributed by atoms with Crippen LogP contribution in [0.4, 0.5) is 4.39 Å². The topological polar surface area (TPSA) is 21.3 Å². The average molecular weight is 271 g/mol. The summed E-state index contributed by atoms with van der Waals surface area (Å²) in [5.74, 6) is 0.697. The average Bonchev–Trinajstić information content (AvgIpc) is 2.32. The summed E-state index contributed by atoms with van der Waals surface area (Å²) in [6.07, 6.45) is 0.241. The number of likely N-dealkylation sites (N-methyl/N-ethyl adjacent to an activating group) is 1. The third-order valence-corrected chi connectivity index (χ3v) is 3.53. The van der Waals surface area contributed by atoms with Crippen molar-refractivity contribution in [3.05, 3.63) is 30.1 Å². The first kappa shape index (κ1) is 15.5. The second-order valence-electron chi connectivity index (χ2n) is 4.41. The molecule has 0 bridgehead atoms. The largest absolute Gasteiger partial charge is 0.377 e. The maximum Gasteiger partial charge on any atom is 0.124 e. The van der Waals surface area contributed by atoms with Crippen molar-refractivity contribution >= 4 is 11.8 Å². The van der Waals surface area contributed by atoms with Crippen molar-refractivity contribution in [2.45, 2.75) is 37.8 Å². The van der Waals surface area contributed by atoms with E-state index < -0.39 is 0 Å². The number of halogens is 1. The summed E-state index contributed by atoms with van der Waals surface area (Å²) < 4.78 is 18.7. The van der Waals surface area contributed by atoms with E-state index in [1.165, 1.54) is 6.07 Å². The molecule has 4 heteroatoms. The van der Waals surface area contributed by atoms with Crippen molar-refractivity contribution in [2.75, 3.05) is 18.9 Å². The number of thioether (sulfide) groups is 1. The molecule has 0 spiro atoms. The maximum absolute atomic E-state index is 13.0. The van der Waals surface area contributed by atoms with Crippen LogP contribution < -0.4 is 5.32 Å². The third-order valence-electron chi connectivity index (χ3n) is 2.37. The van der Waals surface area contributed by atoms with Crippen LogP contribution in [0, 0.1) is 5.82 Å². The fourth-order valence-corrected chi connectivity index (χ4v) is 2.50. The van der Waals surface area contributed by atoms with Gasteiger partial charge in [-0.05, 0) is 38.6 Å². The molecule has 0 aliphatic rings. The fraction of sp³-hybridized carbons (Fsp3) is 0.571. The van der Waals surface area contributed by atoms with Crippen LogP contribution in [-0.2, 0) is 4.74 Å². The summed E-state index contributed by atoms with van der Waals surface area (Å²) in [5, 5.41) is 3.38. The highest BCUT2D eigenvalue weighted by atomic mass is 32.2. The lowest BCUT2D eigenvalue weighted by Gasteiger charge is -2.19. The molecule has 1 N–H and O–H groups in total. The minimum Gasteiger partial charge on any atom is -0.377 e. The highest BCUT2D eigenvalue weighted by Crippen LogP contribution is 2.19. The lowest BCUT2D eigenvalue weighted by Crippen LogP contribution is -2.36. The van der Waals surface area contributed by atoms with Gasteiger partial charge >= 0.3 is 0 Å². The van der Waals surface area contributed by atoms with Gasteiger partial charge in [-0.3, -0.25) is 0 Å². The summed E-state index contributed by atoms with van der Waals surface area (Å²) in [4.78, 5) is 0.961. The van der Waals surface area contributed by atoms with E-state index in [4.69, 9.17) is 4.74 Å². The number of hydrogen-bond donors (Lipinski definition) is 1. The first-order valence-electron chi connectivity index (χ1n) is 6.35. The van der Waals surface area contributed by atoms with E-state index in [-0.39, 0.29) is 11.9 Å². The molecule has 0 amide bonds. The number of hydrogen-bond acceptors (Lipinski definition) is 3. The van der Waals surface area contributed by atoms with Crippen molar-refractivity contribution in [1.82, 2.24) is 5.32 Å². The maximum atomic E-state index is 13.0. The molecule has 18 heavy (non-hydrogen) atoms. The SMILES string of the molecule is CCNC(COC(C)C)CSc1cccc(F)c1. The Balaban J connectivity index is 2.41. The second kappa shape index (κ2) is 8.51. The predicted octanol–water partition coefficient (Wildman–Crippen LogP) is 3.32. The molecule has 0 aromatic heterocycles. The highest BCUT2D eigenvalue weighted by Gasteiger charge is 2.09. The molecule has 1 atom stereocenters. The van der Waals surface area contributed by atoms with Gasteiger partial charge in [0.1, 0.15) is 5.82 Å². The Labute approximate surface area is 113 Å². The van der Waals surface area contributed by atoms with Crippen molar-refractivity contribution < 1.29 is 9.13 Å². The normalized spacial score (nSPS) is 12.9. The first-order valence-corrected chi connectivity index (χ1v) is 7.33. The van der Waals surface area contributed by atoms with Crippen LogP contribution in [0.25, 0.3) is 0 Å². The zero-order valence-electron chi connectivity index (χ0n) is 11.3. The van der Waals surface area contributed by atoms with Gasteiger partial charge in [-0.25, -0.2) is 4.39 Å². The summed E-state index contributed by atoms with van der Waals surface area (Å²) in [6.45, 7) is 7.74. The third kappa shape index (κ3) is 6.38. The summed E-state index contributed by atoms with van der Waals surface area (Å²) in [7, 11) is 0. The molecule has 0 heterocycles. The molecule has 0 saturated heterocycles. The van der Waals surface area contributed by atoms with Gasteiger partial charge in [-0.2, -0.15) is 0 Å². The van der Waals surface area contributed by atoms with Crippen LogP contribution in [0.5, 0.6) is 0 Å². The van der Waals surface area contributed by atoms with E-state index in [1.807, 2.05) is 19.9 Å². The van der Waals surface area contributed by atoms with Crippen LogP contribution >= 0.6 is 11.8 Å². The highest BCUT2D eigenvalue weighted by molar-refractivity contribution is 7.99. The van der Waals surface area contributed by atoms with Crippen molar-refractivity contribution in [3.8, 4) is 0 Å². The van der Waals surface area contributed by atoms with Crippen LogP contribution in [-0.4, -0.2) is 31.1 Å². The predicted molar refractivity (Wildman–Crippen MR) is 75.7 cm³/mol. The molecule has 0 aliphatic carbocycles. The lowest BCUT2D eigenvalue weighted by atomic mass is 10.3. The van der Waals surface area contributed by atoms with E-state index in [9.17, 15) is 4.39 Å². The summed E-state index contributed by atoms with van der Waals surface area (Å²) >= 11 is 1.65. The van der Waals surface area contributed by atoms with Gasteiger partial charge in [0.25, 0.3) is 0 Å². The molecule has 0 saturated carbocycles. The molecule has 102 valence electrons. The Hall–Kier alpha value is -0.580. The molecule has 0 aliphatic heterocycles.